The number of para-hydroxylation sites is 2. The first-order chi connectivity index (χ1) is 14.5. The van der Waals surface area contributed by atoms with Crippen molar-refractivity contribution in [2.24, 2.45) is 0 Å². The fourth-order valence-corrected chi connectivity index (χ4v) is 4.71. The Labute approximate surface area is 180 Å². The van der Waals surface area contributed by atoms with Gasteiger partial charge in [0, 0.05) is 26.7 Å². The summed E-state index contributed by atoms with van der Waals surface area (Å²) in [6.07, 6.45) is 0. The Kier molecular flexibility index (Phi) is 5.73. The molecule has 4 nitrogen and oxygen atoms in total. The number of aromatic nitrogens is 1. The van der Waals surface area contributed by atoms with Gasteiger partial charge in [-0.15, -0.1) is 11.8 Å². The summed E-state index contributed by atoms with van der Waals surface area (Å²) in [5, 5.41) is 2.53. The van der Waals surface area contributed by atoms with Crippen LogP contribution in [0.5, 0.6) is 5.75 Å². The topological polar surface area (TPSA) is 40.5 Å². The van der Waals surface area contributed by atoms with E-state index in [4.69, 9.17) is 9.47 Å². The zero-order valence-electron chi connectivity index (χ0n) is 17.4. The summed E-state index contributed by atoms with van der Waals surface area (Å²) < 4.78 is 12.6. The van der Waals surface area contributed by atoms with Crippen LogP contribution in [0.2, 0.25) is 0 Å². The first-order valence-electron chi connectivity index (χ1n) is 9.96. The third-order valence-electron chi connectivity index (χ3n) is 5.14. The summed E-state index contributed by atoms with van der Waals surface area (Å²) in [5.74, 6) is 0.579. The number of rotatable bonds is 7. The molecule has 0 saturated heterocycles. The molecule has 0 unspecified atom stereocenters. The van der Waals surface area contributed by atoms with Crippen molar-refractivity contribution < 1.29 is 14.3 Å². The lowest BCUT2D eigenvalue weighted by molar-refractivity contribution is -0.142. The number of hydrogen-bond acceptors (Lipinski definition) is 4. The van der Waals surface area contributed by atoms with Crippen molar-refractivity contribution >= 4 is 39.5 Å². The van der Waals surface area contributed by atoms with Crippen molar-refractivity contribution in [1.29, 1.82) is 0 Å². The molecule has 0 N–H and O–H groups in total. The Morgan fingerprint density at radius 3 is 2.03 bits per heavy atom. The van der Waals surface area contributed by atoms with Crippen LogP contribution in [0.15, 0.2) is 77.7 Å². The van der Waals surface area contributed by atoms with Crippen LogP contribution in [0.3, 0.4) is 0 Å². The molecule has 0 bridgehead atoms. The maximum atomic E-state index is 11.9. The molecule has 0 fully saturated rings. The second kappa shape index (κ2) is 8.44. The monoisotopic (exact) mass is 419 g/mol. The molecule has 0 saturated carbocycles. The Bertz CT molecular complexity index is 1120. The van der Waals surface area contributed by atoms with Gasteiger partial charge in [0.15, 0.2) is 0 Å². The molecule has 0 aliphatic rings. The third kappa shape index (κ3) is 4.03. The molecule has 3 aromatic carbocycles. The molecule has 0 aliphatic carbocycles. The molecule has 5 heteroatoms. The molecule has 1 heterocycles. The van der Waals surface area contributed by atoms with E-state index in [1.807, 2.05) is 38.1 Å². The largest absolute Gasteiger partial charge is 0.492 e. The molecule has 4 rings (SSSR count). The summed E-state index contributed by atoms with van der Waals surface area (Å²) in [5.41, 5.74) is 2.44. The summed E-state index contributed by atoms with van der Waals surface area (Å²) >= 11 is 1.48. The first kappa shape index (κ1) is 20.4. The van der Waals surface area contributed by atoms with E-state index >= 15 is 0 Å². The van der Waals surface area contributed by atoms with E-state index in [-0.39, 0.29) is 5.97 Å². The minimum absolute atomic E-state index is 0.237. The molecule has 0 amide bonds. The first-order valence-corrected chi connectivity index (χ1v) is 10.8. The lowest BCUT2D eigenvalue weighted by atomic mass is 10.2. The minimum Gasteiger partial charge on any atom is -0.492 e. The van der Waals surface area contributed by atoms with E-state index < -0.39 is 4.75 Å². The van der Waals surface area contributed by atoms with Crippen molar-refractivity contribution in [3.05, 3.63) is 72.8 Å². The van der Waals surface area contributed by atoms with Gasteiger partial charge in [-0.1, -0.05) is 36.4 Å². The number of thioether (sulfide) groups is 1. The predicted molar refractivity (Wildman–Crippen MR) is 123 cm³/mol. The maximum absolute atomic E-state index is 11.9. The maximum Gasteiger partial charge on any atom is 0.321 e. The van der Waals surface area contributed by atoms with Gasteiger partial charge in [0.25, 0.3) is 0 Å². The van der Waals surface area contributed by atoms with E-state index in [1.54, 1.807) is 0 Å². The van der Waals surface area contributed by atoms with Crippen molar-refractivity contribution in [2.75, 3.05) is 13.7 Å². The van der Waals surface area contributed by atoms with Gasteiger partial charge in [0.2, 0.25) is 0 Å². The smallest absolute Gasteiger partial charge is 0.321 e. The molecule has 0 atom stereocenters. The number of esters is 1. The predicted octanol–water partition coefficient (Wildman–Crippen LogP) is 5.92. The van der Waals surface area contributed by atoms with E-state index in [0.29, 0.717) is 6.61 Å². The average molecular weight is 420 g/mol. The standard InChI is InChI=1S/C25H25NO3S/c1-25(2,24(27)28-3)30-19-14-12-18(13-15-19)29-17-16-26-22-10-6-4-8-20(22)21-9-5-7-11-23(21)26/h4-15H,16-17H2,1-3H3. The number of carbonyl (C=O) groups is 1. The lowest BCUT2D eigenvalue weighted by Gasteiger charge is -2.20. The van der Waals surface area contributed by atoms with Crippen molar-refractivity contribution in [3.63, 3.8) is 0 Å². The number of fused-ring (bicyclic) bond motifs is 3. The van der Waals surface area contributed by atoms with E-state index in [1.165, 1.54) is 40.7 Å². The summed E-state index contributed by atoms with van der Waals surface area (Å²) in [6.45, 7) is 5.06. The second-order valence-corrected chi connectivity index (χ2v) is 9.31. The van der Waals surface area contributed by atoms with Crippen LogP contribution in [0, 0.1) is 0 Å². The van der Waals surface area contributed by atoms with Crippen LogP contribution >= 0.6 is 11.8 Å². The quantitative estimate of drug-likeness (QED) is 0.275. The Morgan fingerprint density at radius 1 is 0.900 bits per heavy atom. The number of nitrogens with zero attached hydrogens (tertiary/aromatic N) is 1. The molecule has 1 aromatic heterocycles. The Balaban J connectivity index is 1.44. The van der Waals surface area contributed by atoms with Crippen molar-refractivity contribution in [2.45, 2.75) is 30.0 Å². The fraction of sp³-hybridized carbons (Fsp3) is 0.240. The van der Waals surface area contributed by atoms with Gasteiger partial charge in [0.05, 0.1) is 13.7 Å². The fourth-order valence-electron chi connectivity index (χ4n) is 3.68. The number of ether oxygens (including phenoxy) is 2. The van der Waals surface area contributed by atoms with Crippen LogP contribution in [0.4, 0.5) is 0 Å². The van der Waals surface area contributed by atoms with Crippen molar-refractivity contribution in [1.82, 2.24) is 4.57 Å². The highest BCUT2D eigenvalue weighted by Gasteiger charge is 2.29. The normalized spacial score (nSPS) is 11.7. The van der Waals surface area contributed by atoms with Gasteiger partial charge in [-0.25, -0.2) is 0 Å². The molecule has 30 heavy (non-hydrogen) atoms. The Hall–Kier alpha value is -2.92. The minimum atomic E-state index is -0.631. The Morgan fingerprint density at radius 2 is 1.47 bits per heavy atom. The summed E-state index contributed by atoms with van der Waals surface area (Å²) in [6, 6.07) is 24.8. The highest BCUT2D eigenvalue weighted by atomic mass is 32.2. The number of methoxy groups -OCH3 is 1. The van der Waals surface area contributed by atoms with E-state index in [9.17, 15) is 4.79 Å². The van der Waals surface area contributed by atoms with Gasteiger partial charge in [-0.2, -0.15) is 0 Å². The average Bonchev–Trinajstić information content (AvgIpc) is 3.08. The number of benzene rings is 3. The summed E-state index contributed by atoms with van der Waals surface area (Å²) in [7, 11) is 1.42. The van der Waals surface area contributed by atoms with Gasteiger partial charge in [-0.3, -0.25) is 4.79 Å². The molecular weight excluding hydrogens is 394 g/mol. The molecule has 154 valence electrons. The van der Waals surface area contributed by atoms with Crippen LogP contribution in [-0.4, -0.2) is 29.0 Å². The van der Waals surface area contributed by atoms with E-state index in [2.05, 4.69) is 53.1 Å². The summed E-state index contributed by atoms with van der Waals surface area (Å²) in [4.78, 5) is 12.9. The third-order valence-corrected chi connectivity index (χ3v) is 6.32. The highest BCUT2D eigenvalue weighted by Crippen LogP contribution is 2.34. The van der Waals surface area contributed by atoms with Crippen LogP contribution in [0.1, 0.15) is 13.8 Å². The number of carbonyl (C=O) groups excluding carboxylic acids is 1. The molecule has 0 radical (unpaired) electrons. The zero-order chi connectivity index (χ0) is 21.1. The van der Waals surface area contributed by atoms with Gasteiger partial charge in [-0.05, 0) is 50.2 Å². The van der Waals surface area contributed by atoms with Crippen molar-refractivity contribution in [3.8, 4) is 5.75 Å². The van der Waals surface area contributed by atoms with Gasteiger partial charge < -0.3 is 14.0 Å². The van der Waals surface area contributed by atoms with Gasteiger partial charge in [0.1, 0.15) is 17.1 Å². The van der Waals surface area contributed by atoms with Gasteiger partial charge >= 0.3 is 5.97 Å². The lowest BCUT2D eigenvalue weighted by Crippen LogP contribution is -2.28. The SMILES string of the molecule is COC(=O)C(C)(C)Sc1ccc(OCCn2c3ccccc3c3ccccc32)cc1. The number of hydrogen-bond donors (Lipinski definition) is 0. The van der Waals surface area contributed by atoms with E-state index in [0.717, 1.165) is 17.2 Å². The highest BCUT2D eigenvalue weighted by molar-refractivity contribution is 8.01. The van der Waals surface area contributed by atoms with Crippen LogP contribution in [-0.2, 0) is 16.1 Å². The molecule has 4 aromatic rings. The second-order valence-electron chi connectivity index (χ2n) is 7.61. The molecule has 0 spiro atoms. The molecule has 0 aliphatic heterocycles. The zero-order valence-corrected chi connectivity index (χ0v) is 18.2. The van der Waals surface area contributed by atoms with Crippen LogP contribution in [0.25, 0.3) is 21.8 Å². The van der Waals surface area contributed by atoms with Crippen LogP contribution < -0.4 is 4.74 Å². The molecular formula is C25H25NO3S.